The molecule has 2 aliphatic rings. The van der Waals surface area contributed by atoms with Gasteiger partial charge in [0.2, 0.25) is 5.91 Å². The fraction of sp³-hybridized carbons (Fsp3) is 0.636. The minimum Gasteiger partial charge on any atom is -0.491 e. The molecule has 6 heteroatoms. The van der Waals surface area contributed by atoms with Gasteiger partial charge in [-0.2, -0.15) is 0 Å². The van der Waals surface area contributed by atoms with Gasteiger partial charge in [-0.25, -0.2) is 0 Å². The summed E-state index contributed by atoms with van der Waals surface area (Å²) in [5, 5.41) is 3.43. The number of ether oxygens (including phenoxy) is 1. The van der Waals surface area contributed by atoms with Gasteiger partial charge in [0.05, 0.1) is 5.56 Å². The number of nitrogens with zero attached hydrogens (tertiary/aromatic N) is 2. The van der Waals surface area contributed by atoms with Gasteiger partial charge in [0, 0.05) is 40.2 Å². The zero-order valence-corrected chi connectivity index (χ0v) is 17.2. The number of benzene rings is 1. The van der Waals surface area contributed by atoms with Gasteiger partial charge in [-0.05, 0) is 49.8 Å². The van der Waals surface area contributed by atoms with E-state index in [4.69, 9.17) is 4.74 Å². The van der Waals surface area contributed by atoms with Crippen LogP contribution < -0.4 is 10.1 Å². The normalized spacial score (nSPS) is 21.6. The lowest BCUT2D eigenvalue weighted by molar-refractivity contribution is -0.131. The summed E-state index contributed by atoms with van der Waals surface area (Å²) in [6.07, 6.45) is 5.25. The third-order valence-electron chi connectivity index (χ3n) is 6.15. The number of para-hydroxylation sites is 1. The first-order chi connectivity index (χ1) is 13.5. The van der Waals surface area contributed by atoms with E-state index in [1.165, 1.54) is 0 Å². The molecule has 0 aliphatic carbocycles. The molecule has 28 heavy (non-hydrogen) atoms. The lowest BCUT2D eigenvalue weighted by Gasteiger charge is -2.44. The van der Waals surface area contributed by atoms with Crippen LogP contribution in [0.4, 0.5) is 0 Å². The van der Waals surface area contributed by atoms with Crippen LogP contribution in [-0.2, 0) is 4.79 Å². The fourth-order valence-electron chi connectivity index (χ4n) is 4.44. The second-order valence-electron chi connectivity index (χ2n) is 8.22. The van der Waals surface area contributed by atoms with Crippen LogP contribution in [0.15, 0.2) is 24.3 Å². The summed E-state index contributed by atoms with van der Waals surface area (Å²) < 4.78 is 5.87. The van der Waals surface area contributed by atoms with Crippen molar-refractivity contribution in [2.24, 2.45) is 5.41 Å². The van der Waals surface area contributed by atoms with Crippen molar-refractivity contribution in [3.05, 3.63) is 29.8 Å². The molecule has 1 saturated heterocycles. The molecule has 0 aromatic heterocycles. The number of likely N-dealkylation sites (tertiary alicyclic amines) is 1. The van der Waals surface area contributed by atoms with Gasteiger partial charge in [-0.3, -0.25) is 9.59 Å². The maximum absolute atomic E-state index is 13.2. The number of fused-ring (bicyclic) bond motifs is 1. The number of rotatable bonds is 0. The van der Waals surface area contributed by atoms with E-state index in [1.54, 1.807) is 6.92 Å². The highest BCUT2D eigenvalue weighted by Gasteiger charge is 2.37. The Balaban J connectivity index is 1.79. The van der Waals surface area contributed by atoms with Crippen molar-refractivity contribution in [2.45, 2.75) is 39.0 Å². The van der Waals surface area contributed by atoms with Crippen molar-refractivity contribution in [2.75, 3.05) is 46.4 Å². The third kappa shape index (κ3) is 5.04. The van der Waals surface area contributed by atoms with E-state index in [2.05, 4.69) is 5.32 Å². The van der Waals surface area contributed by atoms with Gasteiger partial charge in [-0.1, -0.05) is 18.6 Å². The molecule has 3 rings (SSSR count). The lowest BCUT2D eigenvalue weighted by atomic mass is 9.74. The van der Waals surface area contributed by atoms with Crippen LogP contribution in [0.2, 0.25) is 0 Å². The molecule has 6 nitrogen and oxygen atoms in total. The van der Waals surface area contributed by atoms with Crippen molar-refractivity contribution < 1.29 is 14.3 Å². The van der Waals surface area contributed by atoms with Crippen LogP contribution in [0.3, 0.4) is 0 Å². The van der Waals surface area contributed by atoms with Crippen LogP contribution in [-0.4, -0.2) is 68.0 Å². The number of carbonyl (C=O) groups excluding carboxylic acids is 2. The molecule has 1 aromatic carbocycles. The smallest absolute Gasteiger partial charge is 0.257 e. The van der Waals surface area contributed by atoms with Crippen LogP contribution >= 0.6 is 0 Å². The van der Waals surface area contributed by atoms with Crippen LogP contribution in [0.25, 0.3) is 0 Å². The van der Waals surface area contributed by atoms with Crippen molar-refractivity contribution in [3.8, 4) is 5.75 Å². The predicted molar refractivity (Wildman–Crippen MR) is 110 cm³/mol. The Hall–Kier alpha value is -2.08. The largest absolute Gasteiger partial charge is 0.491 e. The van der Waals surface area contributed by atoms with Crippen molar-refractivity contribution >= 4 is 11.8 Å². The minimum absolute atomic E-state index is 0.00833. The molecule has 1 aromatic rings. The zero-order valence-electron chi connectivity index (χ0n) is 17.2. The molecule has 0 atom stereocenters. The Morgan fingerprint density at radius 2 is 1.86 bits per heavy atom. The van der Waals surface area contributed by atoms with Gasteiger partial charge in [0.25, 0.3) is 5.91 Å². The first kappa shape index (κ1) is 20.6. The van der Waals surface area contributed by atoms with E-state index in [0.717, 1.165) is 64.8 Å². The summed E-state index contributed by atoms with van der Waals surface area (Å²) in [5.74, 6) is 0.808. The van der Waals surface area contributed by atoms with E-state index in [9.17, 15) is 9.59 Å². The maximum Gasteiger partial charge on any atom is 0.257 e. The van der Waals surface area contributed by atoms with Gasteiger partial charge in [0.15, 0.2) is 0 Å². The van der Waals surface area contributed by atoms with Crippen LogP contribution in [0, 0.1) is 5.41 Å². The van der Waals surface area contributed by atoms with Crippen molar-refractivity contribution in [1.29, 1.82) is 0 Å². The van der Waals surface area contributed by atoms with Gasteiger partial charge >= 0.3 is 0 Å². The van der Waals surface area contributed by atoms with E-state index in [0.29, 0.717) is 17.9 Å². The standard InChI is InChI=1S/C22H33N3O3/c1-18(26)25-14-10-22(11-15-25)9-5-6-12-23-13-16-28-20-8-4-3-7-19(20)21(27)24(2)17-22/h3-4,7-8,23H,5-6,9-17H2,1-2H3. The second kappa shape index (κ2) is 9.41. The van der Waals surface area contributed by atoms with Crippen molar-refractivity contribution in [1.82, 2.24) is 15.1 Å². The number of carbonyl (C=O) groups is 2. The van der Waals surface area contributed by atoms with Gasteiger partial charge in [0.1, 0.15) is 12.4 Å². The highest BCUT2D eigenvalue weighted by Crippen LogP contribution is 2.38. The molecule has 0 radical (unpaired) electrons. The summed E-state index contributed by atoms with van der Waals surface area (Å²) in [4.78, 5) is 28.7. The molecule has 0 bridgehead atoms. The maximum atomic E-state index is 13.2. The van der Waals surface area contributed by atoms with E-state index in [-0.39, 0.29) is 17.2 Å². The van der Waals surface area contributed by atoms with Gasteiger partial charge < -0.3 is 19.9 Å². The second-order valence-corrected chi connectivity index (χ2v) is 8.22. The molecule has 2 amide bonds. The Bertz CT molecular complexity index is 683. The first-order valence-electron chi connectivity index (χ1n) is 10.4. The van der Waals surface area contributed by atoms with Crippen molar-refractivity contribution in [3.63, 3.8) is 0 Å². The van der Waals surface area contributed by atoms with Crippen LogP contribution in [0.5, 0.6) is 5.75 Å². The number of hydrogen-bond donors (Lipinski definition) is 1. The fourth-order valence-corrected chi connectivity index (χ4v) is 4.44. The monoisotopic (exact) mass is 387 g/mol. The molecule has 2 heterocycles. The van der Waals surface area contributed by atoms with Gasteiger partial charge in [-0.15, -0.1) is 0 Å². The Kier molecular flexibility index (Phi) is 6.94. The Labute approximate surface area is 168 Å². The van der Waals surface area contributed by atoms with E-state index >= 15 is 0 Å². The molecule has 154 valence electrons. The molecule has 1 fully saturated rings. The predicted octanol–water partition coefficient (Wildman–Crippen LogP) is 2.54. The molecule has 1 spiro atoms. The summed E-state index contributed by atoms with van der Waals surface area (Å²) >= 11 is 0. The SMILES string of the molecule is CC(=O)N1CCC2(CCCCNCCOc3ccccc3C(=O)N(C)C2)CC1. The number of hydrogen-bond acceptors (Lipinski definition) is 4. The molecule has 0 saturated carbocycles. The quantitative estimate of drug-likeness (QED) is 0.743. The first-order valence-corrected chi connectivity index (χ1v) is 10.4. The highest BCUT2D eigenvalue weighted by atomic mass is 16.5. The molecule has 2 aliphatic heterocycles. The Morgan fingerprint density at radius 3 is 2.61 bits per heavy atom. The van der Waals surface area contributed by atoms with Crippen LogP contribution in [0.1, 0.15) is 49.4 Å². The van der Waals surface area contributed by atoms with E-state index in [1.807, 2.05) is 41.1 Å². The summed E-state index contributed by atoms with van der Waals surface area (Å²) in [6, 6.07) is 7.50. The highest BCUT2D eigenvalue weighted by molar-refractivity contribution is 5.96. The molecule has 1 N–H and O–H groups in total. The summed E-state index contributed by atoms with van der Waals surface area (Å²) in [7, 11) is 1.89. The average Bonchev–Trinajstić information content (AvgIpc) is 2.69. The number of amides is 2. The average molecular weight is 388 g/mol. The summed E-state index contributed by atoms with van der Waals surface area (Å²) in [5.41, 5.74) is 0.703. The zero-order chi connectivity index (χ0) is 20.0. The molecular formula is C22H33N3O3. The lowest BCUT2D eigenvalue weighted by Crippen LogP contribution is -2.48. The Morgan fingerprint density at radius 1 is 1.11 bits per heavy atom. The number of nitrogens with one attached hydrogen (secondary N) is 1. The number of piperidine rings is 1. The minimum atomic E-state index is 0.00833. The topological polar surface area (TPSA) is 61.9 Å². The molecule has 0 unspecified atom stereocenters. The third-order valence-corrected chi connectivity index (χ3v) is 6.15. The molecular weight excluding hydrogens is 354 g/mol. The summed E-state index contributed by atoms with van der Waals surface area (Å²) in [6.45, 7) is 6.25. The van der Waals surface area contributed by atoms with E-state index < -0.39 is 0 Å².